The molecule has 0 spiro atoms. The van der Waals surface area contributed by atoms with Crippen LogP contribution >= 0.6 is 0 Å². The predicted molar refractivity (Wildman–Crippen MR) is 85.0 cm³/mol. The van der Waals surface area contributed by atoms with Gasteiger partial charge in [0.05, 0.1) is 17.0 Å². The summed E-state index contributed by atoms with van der Waals surface area (Å²) < 4.78 is 7.56. The molecule has 0 bridgehead atoms. The van der Waals surface area contributed by atoms with E-state index in [0.717, 1.165) is 25.0 Å². The molecule has 6 heteroatoms. The van der Waals surface area contributed by atoms with Gasteiger partial charge in [-0.1, -0.05) is 6.07 Å². The maximum absolute atomic E-state index is 12.6. The molecule has 0 radical (unpaired) electrons. The summed E-state index contributed by atoms with van der Waals surface area (Å²) in [6, 6.07) is 5.33. The van der Waals surface area contributed by atoms with E-state index in [9.17, 15) is 9.59 Å². The number of pyridine rings is 1. The maximum Gasteiger partial charge on any atom is 0.256 e. The van der Waals surface area contributed by atoms with Gasteiger partial charge in [0.1, 0.15) is 5.56 Å². The molecule has 2 aromatic rings. The second-order valence-electron chi connectivity index (χ2n) is 5.48. The number of aromatic nitrogens is 1. The van der Waals surface area contributed by atoms with Gasteiger partial charge in [-0.25, -0.2) is 0 Å². The highest BCUT2D eigenvalue weighted by Gasteiger charge is 2.20. The zero-order chi connectivity index (χ0) is 15.7. The molecule has 0 saturated carbocycles. The number of nitrogen functional groups attached to an aromatic ring is 1. The van der Waals surface area contributed by atoms with Crippen molar-refractivity contribution in [3.8, 4) is 0 Å². The number of nitrogens with two attached hydrogens (primary N) is 1. The molecule has 3 N–H and O–H groups in total. The van der Waals surface area contributed by atoms with Crippen LogP contribution < -0.4 is 16.5 Å². The third-order valence-corrected chi connectivity index (χ3v) is 4.04. The Bertz CT molecular complexity index is 776. The third-order valence-electron chi connectivity index (χ3n) is 4.04. The van der Waals surface area contributed by atoms with Crippen LogP contribution in [0.1, 0.15) is 23.2 Å². The molecule has 1 aromatic heterocycles. The Hall–Kier alpha value is -2.34. The fraction of sp³-hybridized carbons (Fsp3) is 0.375. The van der Waals surface area contributed by atoms with Crippen LogP contribution in [0.2, 0.25) is 0 Å². The van der Waals surface area contributed by atoms with Gasteiger partial charge in [-0.3, -0.25) is 9.59 Å². The lowest BCUT2D eigenvalue weighted by atomic mass is 10.1. The molecule has 3 rings (SSSR count). The number of anilines is 1. The zero-order valence-electron chi connectivity index (χ0n) is 12.5. The molecule has 1 unspecified atom stereocenters. The number of hydrogen-bond donors (Lipinski definition) is 2. The Labute approximate surface area is 127 Å². The van der Waals surface area contributed by atoms with E-state index in [2.05, 4.69) is 5.32 Å². The Balaban J connectivity index is 2.20. The number of nitrogens with one attached hydrogen (secondary N) is 1. The highest BCUT2D eigenvalue weighted by molar-refractivity contribution is 5.99. The van der Waals surface area contributed by atoms with Gasteiger partial charge in [0.2, 0.25) is 5.43 Å². The minimum atomic E-state index is -0.406. The molecule has 1 amide bonds. The molecule has 1 fully saturated rings. The minimum Gasteiger partial charge on any atom is -0.398 e. The molecule has 6 nitrogen and oxygen atoms in total. The van der Waals surface area contributed by atoms with E-state index in [-0.39, 0.29) is 17.1 Å². The Kier molecular flexibility index (Phi) is 3.85. The Morgan fingerprint density at radius 1 is 1.50 bits per heavy atom. The molecule has 0 aliphatic carbocycles. The van der Waals surface area contributed by atoms with Crippen molar-refractivity contribution in [3.05, 3.63) is 40.2 Å². The molecule has 1 aliphatic heterocycles. The van der Waals surface area contributed by atoms with Crippen molar-refractivity contribution in [2.45, 2.75) is 25.5 Å². The first-order chi connectivity index (χ1) is 10.6. The van der Waals surface area contributed by atoms with Crippen molar-refractivity contribution in [2.24, 2.45) is 0 Å². The number of hydrogen-bond acceptors (Lipinski definition) is 4. The lowest BCUT2D eigenvalue weighted by Crippen LogP contribution is -2.28. The van der Waals surface area contributed by atoms with E-state index in [1.807, 2.05) is 16.7 Å². The van der Waals surface area contributed by atoms with Gasteiger partial charge < -0.3 is 20.4 Å². The van der Waals surface area contributed by atoms with Crippen LogP contribution in [0.4, 0.5) is 5.69 Å². The van der Waals surface area contributed by atoms with Gasteiger partial charge in [0.25, 0.3) is 5.91 Å². The summed E-state index contributed by atoms with van der Waals surface area (Å²) >= 11 is 0. The molecular weight excluding hydrogens is 282 g/mol. The molecule has 22 heavy (non-hydrogen) atoms. The quantitative estimate of drug-likeness (QED) is 0.832. The van der Waals surface area contributed by atoms with Crippen LogP contribution in [-0.4, -0.2) is 30.2 Å². The Morgan fingerprint density at radius 2 is 2.32 bits per heavy atom. The van der Waals surface area contributed by atoms with E-state index in [0.29, 0.717) is 17.6 Å². The average Bonchev–Trinajstić information content (AvgIpc) is 3.02. The van der Waals surface area contributed by atoms with Crippen molar-refractivity contribution in [1.82, 2.24) is 9.88 Å². The standard InChI is InChI=1S/C16H19N3O3/c1-18-16(21)11-9-19(8-10-4-3-7-22-10)13-6-2-5-12(17)14(13)15(11)20/h2,5-6,9-10H,3-4,7-8,17H2,1H3,(H,18,21). The SMILES string of the molecule is CNC(=O)c1cn(CC2CCCO2)c2cccc(N)c2c1=O. The zero-order valence-corrected chi connectivity index (χ0v) is 12.5. The van der Waals surface area contributed by atoms with Crippen LogP contribution in [0.3, 0.4) is 0 Å². The summed E-state index contributed by atoms with van der Waals surface area (Å²) in [5, 5.41) is 2.89. The first-order valence-electron chi connectivity index (χ1n) is 7.37. The van der Waals surface area contributed by atoms with E-state index < -0.39 is 5.91 Å². The third kappa shape index (κ3) is 2.46. The second kappa shape index (κ2) is 5.81. The van der Waals surface area contributed by atoms with Crippen molar-refractivity contribution < 1.29 is 9.53 Å². The minimum absolute atomic E-state index is 0.102. The van der Waals surface area contributed by atoms with Gasteiger partial charge in [0, 0.05) is 32.1 Å². The maximum atomic E-state index is 12.6. The van der Waals surface area contributed by atoms with Crippen molar-refractivity contribution in [2.75, 3.05) is 19.4 Å². The summed E-state index contributed by atoms with van der Waals surface area (Å²) in [6.45, 7) is 1.36. The van der Waals surface area contributed by atoms with Gasteiger partial charge in [0.15, 0.2) is 0 Å². The largest absolute Gasteiger partial charge is 0.398 e. The van der Waals surface area contributed by atoms with Crippen LogP contribution in [0, 0.1) is 0 Å². The van der Waals surface area contributed by atoms with E-state index in [4.69, 9.17) is 10.5 Å². The number of benzene rings is 1. The number of rotatable bonds is 3. The highest BCUT2D eigenvalue weighted by Crippen LogP contribution is 2.21. The van der Waals surface area contributed by atoms with Gasteiger partial charge in [-0.2, -0.15) is 0 Å². The van der Waals surface area contributed by atoms with E-state index in [1.165, 1.54) is 7.05 Å². The van der Waals surface area contributed by atoms with Crippen LogP contribution in [-0.2, 0) is 11.3 Å². The van der Waals surface area contributed by atoms with Gasteiger partial charge >= 0.3 is 0 Å². The van der Waals surface area contributed by atoms with Crippen LogP contribution in [0.25, 0.3) is 10.9 Å². The average molecular weight is 301 g/mol. The summed E-state index contributed by atoms with van der Waals surface area (Å²) in [6.07, 6.45) is 3.72. The molecule has 1 atom stereocenters. The van der Waals surface area contributed by atoms with Crippen molar-refractivity contribution in [1.29, 1.82) is 0 Å². The lowest BCUT2D eigenvalue weighted by molar-refractivity contribution is 0.0947. The van der Waals surface area contributed by atoms with Gasteiger partial charge in [-0.15, -0.1) is 0 Å². The summed E-state index contributed by atoms with van der Waals surface area (Å²) in [5.74, 6) is -0.406. The highest BCUT2D eigenvalue weighted by atomic mass is 16.5. The summed E-state index contributed by atoms with van der Waals surface area (Å²) in [4.78, 5) is 24.5. The molecule has 116 valence electrons. The first-order valence-corrected chi connectivity index (χ1v) is 7.37. The summed E-state index contributed by atoms with van der Waals surface area (Å²) in [7, 11) is 1.50. The molecule has 2 heterocycles. The lowest BCUT2D eigenvalue weighted by Gasteiger charge is -2.17. The smallest absolute Gasteiger partial charge is 0.256 e. The van der Waals surface area contributed by atoms with Crippen LogP contribution in [0.5, 0.6) is 0 Å². The van der Waals surface area contributed by atoms with Crippen molar-refractivity contribution in [3.63, 3.8) is 0 Å². The number of carbonyl (C=O) groups excluding carboxylic acids is 1. The molecule has 1 saturated heterocycles. The summed E-state index contributed by atoms with van der Waals surface area (Å²) in [5.41, 5.74) is 6.85. The predicted octanol–water partition coefficient (Wildman–Crippen LogP) is 1.12. The molecular formula is C16H19N3O3. The molecule has 1 aromatic carbocycles. The fourth-order valence-corrected chi connectivity index (χ4v) is 2.92. The number of fused-ring (bicyclic) bond motifs is 1. The topological polar surface area (TPSA) is 86.3 Å². The fourth-order valence-electron chi connectivity index (χ4n) is 2.92. The number of amides is 1. The molecule has 1 aliphatic rings. The monoisotopic (exact) mass is 301 g/mol. The van der Waals surface area contributed by atoms with E-state index >= 15 is 0 Å². The van der Waals surface area contributed by atoms with Crippen molar-refractivity contribution >= 4 is 22.5 Å². The first kappa shape index (κ1) is 14.6. The second-order valence-corrected chi connectivity index (χ2v) is 5.48. The van der Waals surface area contributed by atoms with Gasteiger partial charge in [-0.05, 0) is 25.0 Å². The van der Waals surface area contributed by atoms with E-state index in [1.54, 1.807) is 12.3 Å². The normalized spacial score (nSPS) is 17.8. The Morgan fingerprint density at radius 3 is 3.00 bits per heavy atom. The number of nitrogens with zero attached hydrogens (tertiary/aromatic N) is 1. The van der Waals surface area contributed by atoms with Crippen LogP contribution in [0.15, 0.2) is 29.2 Å². The number of ether oxygens (including phenoxy) is 1. The number of carbonyl (C=O) groups is 1.